The van der Waals surface area contributed by atoms with Crippen molar-refractivity contribution >= 4 is 34.6 Å². The molecule has 0 N–H and O–H groups in total. The molecule has 5 rings (SSSR count). The predicted octanol–water partition coefficient (Wildman–Crippen LogP) is 5.50. The van der Waals surface area contributed by atoms with E-state index in [0.717, 1.165) is 33.9 Å². The molecule has 0 fully saturated rings. The van der Waals surface area contributed by atoms with Gasteiger partial charge in [0.05, 0.1) is 11.4 Å². The topological polar surface area (TPSA) is 106 Å². The third-order valence-corrected chi connectivity index (χ3v) is 5.77. The molecule has 0 saturated heterocycles. The Labute approximate surface area is 197 Å². The summed E-state index contributed by atoms with van der Waals surface area (Å²) in [5.41, 5.74) is 5.31. The first-order valence-corrected chi connectivity index (χ1v) is 10.7. The molecule has 2 aromatic carbocycles. The maximum atomic E-state index is 9.67. The van der Waals surface area contributed by atoms with Crippen LogP contribution in [-0.2, 0) is 0 Å². The van der Waals surface area contributed by atoms with Crippen LogP contribution in [0.5, 0.6) is 0 Å². The Kier molecular flexibility index (Phi) is 4.92. The number of anilines is 6. The van der Waals surface area contributed by atoms with Gasteiger partial charge in [0.25, 0.3) is 0 Å². The fraction of sp³-hybridized carbons (Fsp3) is 0.154. The summed E-state index contributed by atoms with van der Waals surface area (Å²) in [4.78, 5) is 22.7. The zero-order valence-electron chi connectivity index (χ0n) is 19.2. The molecule has 164 valence electrons. The number of aromatic nitrogens is 4. The number of hydrogen-bond acceptors (Lipinski definition) is 8. The number of aryl methyl sites for hydroxylation is 4. The van der Waals surface area contributed by atoms with Crippen LogP contribution in [0.1, 0.15) is 33.9 Å². The minimum Gasteiger partial charge on any atom is -0.273 e. The fourth-order valence-electron chi connectivity index (χ4n) is 3.83. The van der Waals surface area contributed by atoms with Crippen molar-refractivity contribution in [1.29, 1.82) is 10.5 Å². The number of nitrogens with zero attached hydrogens (tertiary/aromatic N) is 8. The van der Waals surface area contributed by atoms with Gasteiger partial charge >= 0.3 is 0 Å². The lowest BCUT2D eigenvalue weighted by atomic mass is 10.1. The first-order chi connectivity index (χ1) is 16.4. The Hall–Kier alpha value is -4.82. The van der Waals surface area contributed by atoms with Gasteiger partial charge in [0.15, 0.2) is 34.7 Å². The molecule has 0 amide bonds. The standard InChI is InChI=1S/C26H20N8/c1-15-5-9-19(10-6-15)33-23-24(30-18(4)17(3)29-23)34(20-11-7-16(2)8-12-20)26-25(33)31-21(13-27)22(14-28)32-26/h5-12H,1-4H3. The molecule has 1 aliphatic rings. The van der Waals surface area contributed by atoms with Crippen LogP contribution in [0.25, 0.3) is 0 Å². The van der Waals surface area contributed by atoms with Crippen molar-refractivity contribution in [1.82, 2.24) is 19.9 Å². The first kappa shape index (κ1) is 21.0. The van der Waals surface area contributed by atoms with E-state index in [-0.39, 0.29) is 11.4 Å². The van der Waals surface area contributed by atoms with E-state index in [1.54, 1.807) is 0 Å². The van der Waals surface area contributed by atoms with Gasteiger partial charge in [0.2, 0.25) is 0 Å². The molecule has 0 unspecified atom stereocenters. The monoisotopic (exact) mass is 444 g/mol. The third kappa shape index (κ3) is 3.30. The highest BCUT2D eigenvalue weighted by atomic mass is 15.4. The number of nitriles is 2. The summed E-state index contributed by atoms with van der Waals surface area (Å²) in [7, 11) is 0. The van der Waals surface area contributed by atoms with Crippen LogP contribution < -0.4 is 9.80 Å². The predicted molar refractivity (Wildman–Crippen MR) is 129 cm³/mol. The highest BCUT2D eigenvalue weighted by Crippen LogP contribution is 2.51. The lowest BCUT2D eigenvalue weighted by Gasteiger charge is -2.37. The normalized spacial score (nSPS) is 11.9. The first-order valence-electron chi connectivity index (χ1n) is 10.7. The van der Waals surface area contributed by atoms with Crippen molar-refractivity contribution < 1.29 is 0 Å². The lowest BCUT2D eigenvalue weighted by Crippen LogP contribution is -2.29. The van der Waals surface area contributed by atoms with E-state index < -0.39 is 0 Å². The van der Waals surface area contributed by atoms with Crippen molar-refractivity contribution in [3.63, 3.8) is 0 Å². The van der Waals surface area contributed by atoms with Crippen molar-refractivity contribution in [3.05, 3.63) is 82.4 Å². The Morgan fingerprint density at radius 2 is 0.853 bits per heavy atom. The van der Waals surface area contributed by atoms with Gasteiger partial charge in [-0.2, -0.15) is 10.5 Å². The number of hydrogen-bond donors (Lipinski definition) is 0. The largest absolute Gasteiger partial charge is 0.273 e. The zero-order valence-corrected chi connectivity index (χ0v) is 19.2. The summed E-state index contributed by atoms with van der Waals surface area (Å²) in [5, 5.41) is 19.3. The molecule has 0 bridgehead atoms. The molecular formula is C26H20N8. The van der Waals surface area contributed by atoms with E-state index in [9.17, 15) is 10.5 Å². The van der Waals surface area contributed by atoms with Crippen molar-refractivity contribution in [2.75, 3.05) is 9.80 Å². The zero-order chi connectivity index (χ0) is 24.0. The molecule has 0 aliphatic carbocycles. The maximum Gasteiger partial charge on any atom is 0.184 e. The molecule has 4 aromatic rings. The van der Waals surface area contributed by atoms with Gasteiger partial charge in [-0.3, -0.25) is 9.80 Å². The minimum absolute atomic E-state index is 0.0394. The van der Waals surface area contributed by atoms with Crippen LogP contribution in [0.3, 0.4) is 0 Å². The summed E-state index contributed by atoms with van der Waals surface area (Å²) in [6.45, 7) is 7.85. The Morgan fingerprint density at radius 3 is 1.18 bits per heavy atom. The highest BCUT2D eigenvalue weighted by Gasteiger charge is 2.37. The van der Waals surface area contributed by atoms with Crippen molar-refractivity contribution in [3.8, 4) is 12.1 Å². The molecule has 2 aromatic heterocycles. The van der Waals surface area contributed by atoms with Crippen LogP contribution in [0, 0.1) is 50.4 Å². The van der Waals surface area contributed by atoms with E-state index in [4.69, 9.17) is 9.97 Å². The van der Waals surface area contributed by atoms with Gasteiger partial charge in [0.1, 0.15) is 12.1 Å². The number of fused-ring (bicyclic) bond motifs is 2. The quantitative estimate of drug-likeness (QED) is 0.351. The van der Waals surface area contributed by atoms with Crippen LogP contribution in [0.15, 0.2) is 48.5 Å². The number of benzene rings is 2. The van der Waals surface area contributed by atoms with Gasteiger partial charge in [-0.05, 0) is 52.0 Å². The van der Waals surface area contributed by atoms with E-state index in [0.29, 0.717) is 23.3 Å². The van der Waals surface area contributed by atoms with Gasteiger partial charge in [0, 0.05) is 11.4 Å². The second-order valence-electron chi connectivity index (χ2n) is 8.18. The van der Waals surface area contributed by atoms with E-state index in [2.05, 4.69) is 9.97 Å². The van der Waals surface area contributed by atoms with Crippen LogP contribution >= 0.6 is 0 Å². The van der Waals surface area contributed by atoms with Crippen LogP contribution in [0.4, 0.5) is 34.6 Å². The van der Waals surface area contributed by atoms with E-state index >= 15 is 0 Å². The summed E-state index contributed by atoms with van der Waals surface area (Å²) in [6, 6.07) is 19.9. The summed E-state index contributed by atoms with van der Waals surface area (Å²) in [5.74, 6) is 1.96. The van der Waals surface area contributed by atoms with Gasteiger partial charge < -0.3 is 0 Å². The van der Waals surface area contributed by atoms with Crippen LogP contribution in [-0.4, -0.2) is 19.9 Å². The van der Waals surface area contributed by atoms with Gasteiger partial charge in [-0.15, -0.1) is 0 Å². The average molecular weight is 445 g/mol. The lowest BCUT2D eigenvalue weighted by molar-refractivity contribution is 0.943. The van der Waals surface area contributed by atoms with Crippen molar-refractivity contribution in [2.45, 2.75) is 27.7 Å². The van der Waals surface area contributed by atoms with E-state index in [1.165, 1.54) is 0 Å². The molecule has 8 nitrogen and oxygen atoms in total. The highest BCUT2D eigenvalue weighted by molar-refractivity contribution is 5.96. The minimum atomic E-state index is -0.0394. The van der Waals surface area contributed by atoms with E-state index in [1.807, 2.05) is 98.2 Å². The molecule has 0 radical (unpaired) electrons. The van der Waals surface area contributed by atoms with Gasteiger partial charge in [-0.25, -0.2) is 19.9 Å². The Balaban J connectivity index is 1.89. The van der Waals surface area contributed by atoms with Crippen molar-refractivity contribution in [2.24, 2.45) is 0 Å². The van der Waals surface area contributed by atoms with Gasteiger partial charge in [-0.1, -0.05) is 35.4 Å². The second kappa shape index (κ2) is 7.95. The molecule has 1 aliphatic heterocycles. The maximum absolute atomic E-state index is 9.67. The average Bonchev–Trinajstić information content (AvgIpc) is 2.84. The molecule has 3 heterocycles. The molecular weight excluding hydrogens is 424 g/mol. The summed E-state index contributed by atoms with van der Waals surface area (Å²) >= 11 is 0. The molecule has 0 saturated carbocycles. The molecule has 8 heteroatoms. The molecule has 34 heavy (non-hydrogen) atoms. The third-order valence-electron chi connectivity index (χ3n) is 5.77. The molecule has 0 atom stereocenters. The smallest absolute Gasteiger partial charge is 0.184 e. The summed E-state index contributed by atoms with van der Waals surface area (Å²) in [6.07, 6.45) is 0. The fourth-order valence-corrected chi connectivity index (χ4v) is 3.83. The second-order valence-corrected chi connectivity index (χ2v) is 8.18. The molecule has 0 spiro atoms. The number of rotatable bonds is 2. The van der Waals surface area contributed by atoms with Crippen LogP contribution in [0.2, 0.25) is 0 Å². The summed E-state index contributed by atoms with van der Waals surface area (Å²) < 4.78 is 0. The Morgan fingerprint density at radius 1 is 0.529 bits per heavy atom. The SMILES string of the molecule is Cc1ccc(N2c3nc(C)c(C)nc3N(c3ccc(C)cc3)c3nc(C#N)c(C#N)nc32)cc1. The Bertz CT molecular complexity index is 1390.